The van der Waals surface area contributed by atoms with E-state index in [4.69, 9.17) is 10.3 Å². The fourth-order valence-corrected chi connectivity index (χ4v) is 2.62. The van der Waals surface area contributed by atoms with E-state index in [0.717, 1.165) is 40.4 Å². The van der Waals surface area contributed by atoms with Crippen LogP contribution in [0.3, 0.4) is 0 Å². The molecule has 0 atom stereocenters. The first-order valence-electron chi connectivity index (χ1n) is 6.40. The summed E-state index contributed by atoms with van der Waals surface area (Å²) in [7, 11) is 0. The van der Waals surface area contributed by atoms with Gasteiger partial charge in [0.25, 0.3) is 0 Å². The van der Waals surface area contributed by atoms with Crippen LogP contribution in [-0.4, -0.2) is 10.1 Å². The summed E-state index contributed by atoms with van der Waals surface area (Å²) in [5.74, 6) is 1.18. The van der Waals surface area contributed by atoms with Crippen LogP contribution in [0, 0.1) is 13.8 Å². The summed E-state index contributed by atoms with van der Waals surface area (Å²) in [6.45, 7) is 4.11. The molecule has 0 radical (unpaired) electrons. The number of aryl methyl sites for hydroxylation is 2. The van der Waals surface area contributed by atoms with Gasteiger partial charge in [-0.1, -0.05) is 21.1 Å². The van der Waals surface area contributed by atoms with Crippen LogP contribution in [0.5, 0.6) is 0 Å². The van der Waals surface area contributed by atoms with Gasteiger partial charge in [0.1, 0.15) is 0 Å². The number of nitrogens with two attached hydrogens (primary N) is 1. The van der Waals surface area contributed by atoms with Crippen molar-refractivity contribution in [2.75, 3.05) is 0 Å². The molecule has 1 heterocycles. The zero-order valence-electron chi connectivity index (χ0n) is 11.0. The van der Waals surface area contributed by atoms with Crippen molar-refractivity contribution in [3.05, 3.63) is 33.6 Å². The zero-order chi connectivity index (χ0) is 13.6. The molecule has 0 unspecified atom stereocenters. The van der Waals surface area contributed by atoms with Crippen molar-refractivity contribution < 1.29 is 4.52 Å². The molecule has 1 aliphatic rings. The number of nitrogens with zero attached hydrogens (tertiary/aromatic N) is 2. The topological polar surface area (TPSA) is 64.9 Å². The second kappa shape index (κ2) is 4.42. The SMILES string of the molecule is Cc1cc(-c2noc(C3(N)CCC3)n2)cc(C)c1Br. The number of benzene rings is 1. The highest BCUT2D eigenvalue weighted by Gasteiger charge is 2.39. The third-order valence-corrected chi connectivity index (χ3v) is 5.04. The molecule has 4 nitrogen and oxygen atoms in total. The molecule has 0 amide bonds. The highest BCUT2D eigenvalue weighted by molar-refractivity contribution is 9.10. The molecule has 1 aliphatic carbocycles. The van der Waals surface area contributed by atoms with Crippen LogP contribution in [0.2, 0.25) is 0 Å². The Bertz CT molecular complexity index is 608. The van der Waals surface area contributed by atoms with Crippen molar-refractivity contribution in [2.45, 2.75) is 38.6 Å². The lowest BCUT2D eigenvalue weighted by Gasteiger charge is -2.33. The Morgan fingerprint density at radius 2 is 1.89 bits per heavy atom. The number of hydrogen-bond acceptors (Lipinski definition) is 4. The highest BCUT2D eigenvalue weighted by Crippen LogP contribution is 2.38. The predicted octanol–water partition coefficient (Wildman–Crippen LogP) is 3.45. The van der Waals surface area contributed by atoms with E-state index in [1.807, 2.05) is 0 Å². The third kappa shape index (κ3) is 2.11. The second-order valence-corrected chi connectivity index (χ2v) is 6.15. The van der Waals surface area contributed by atoms with Crippen LogP contribution < -0.4 is 5.73 Å². The Labute approximate surface area is 120 Å². The smallest absolute Gasteiger partial charge is 0.247 e. The van der Waals surface area contributed by atoms with Gasteiger partial charge in [-0.05, 0) is 56.4 Å². The van der Waals surface area contributed by atoms with Crippen molar-refractivity contribution in [3.63, 3.8) is 0 Å². The fraction of sp³-hybridized carbons (Fsp3) is 0.429. The lowest BCUT2D eigenvalue weighted by molar-refractivity contribution is 0.181. The molecular weight excluding hydrogens is 306 g/mol. The van der Waals surface area contributed by atoms with Gasteiger partial charge in [0.05, 0.1) is 5.54 Å². The third-order valence-electron chi connectivity index (χ3n) is 3.79. The quantitative estimate of drug-likeness (QED) is 0.920. The van der Waals surface area contributed by atoms with Crippen molar-refractivity contribution in [2.24, 2.45) is 5.73 Å². The molecule has 19 heavy (non-hydrogen) atoms. The van der Waals surface area contributed by atoms with E-state index in [1.54, 1.807) is 0 Å². The van der Waals surface area contributed by atoms with E-state index < -0.39 is 5.54 Å². The first kappa shape index (κ1) is 12.8. The summed E-state index contributed by atoms with van der Waals surface area (Å²) >= 11 is 3.56. The van der Waals surface area contributed by atoms with Gasteiger partial charge in [0.15, 0.2) is 0 Å². The molecule has 0 spiro atoms. The molecule has 0 bridgehead atoms. The Hall–Kier alpha value is -1.20. The lowest BCUT2D eigenvalue weighted by atomic mass is 9.78. The van der Waals surface area contributed by atoms with E-state index in [0.29, 0.717) is 11.7 Å². The van der Waals surface area contributed by atoms with E-state index in [2.05, 4.69) is 52.1 Å². The maximum Gasteiger partial charge on any atom is 0.247 e. The maximum atomic E-state index is 6.20. The van der Waals surface area contributed by atoms with Gasteiger partial charge in [0, 0.05) is 10.0 Å². The minimum absolute atomic E-state index is 0.398. The summed E-state index contributed by atoms with van der Waals surface area (Å²) < 4.78 is 6.46. The number of rotatable bonds is 2. The van der Waals surface area contributed by atoms with Crippen molar-refractivity contribution >= 4 is 15.9 Å². The molecule has 5 heteroatoms. The molecule has 2 aromatic rings. The van der Waals surface area contributed by atoms with Gasteiger partial charge in [-0.15, -0.1) is 0 Å². The molecule has 3 rings (SSSR count). The van der Waals surface area contributed by atoms with E-state index in [-0.39, 0.29) is 0 Å². The van der Waals surface area contributed by atoms with Crippen LogP contribution in [0.15, 0.2) is 21.1 Å². The normalized spacial score (nSPS) is 17.3. The molecule has 1 saturated carbocycles. The summed E-state index contributed by atoms with van der Waals surface area (Å²) in [4.78, 5) is 4.47. The minimum Gasteiger partial charge on any atom is -0.337 e. The number of aromatic nitrogens is 2. The standard InChI is InChI=1S/C14H16BrN3O/c1-8-6-10(7-9(2)11(8)15)12-17-13(19-18-12)14(16)4-3-5-14/h6-7H,3-5,16H2,1-2H3. The number of halogens is 1. The molecule has 1 aromatic heterocycles. The first-order valence-corrected chi connectivity index (χ1v) is 7.19. The van der Waals surface area contributed by atoms with Crippen LogP contribution in [-0.2, 0) is 5.54 Å². The number of hydrogen-bond donors (Lipinski definition) is 1. The predicted molar refractivity (Wildman–Crippen MR) is 76.6 cm³/mol. The monoisotopic (exact) mass is 321 g/mol. The van der Waals surface area contributed by atoms with Gasteiger partial charge in [0.2, 0.25) is 11.7 Å². The van der Waals surface area contributed by atoms with Crippen molar-refractivity contribution in [3.8, 4) is 11.4 Å². The lowest BCUT2D eigenvalue weighted by Crippen LogP contribution is -2.43. The van der Waals surface area contributed by atoms with E-state index in [1.165, 1.54) is 0 Å². The maximum absolute atomic E-state index is 6.20. The van der Waals surface area contributed by atoms with Crippen molar-refractivity contribution in [1.82, 2.24) is 10.1 Å². The summed E-state index contributed by atoms with van der Waals surface area (Å²) in [5.41, 5.74) is 9.09. The Kier molecular flexibility index (Phi) is 2.98. The Morgan fingerprint density at radius 1 is 1.26 bits per heavy atom. The summed E-state index contributed by atoms with van der Waals surface area (Å²) in [6.07, 6.45) is 2.98. The average Bonchev–Trinajstić information content (AvgIpc) is 2.82. The summed E-state index contributed by atoms with van der Waals surface area (Å²) in [5, 5.41) is 4.07. The van der Waals surface area contributed by atoms with Gasteiger partial charge >= 0.3 is 0 Å². The largest absolute Gasteiger partial charge is 0.337 e. The van der Waals surface area contributed by atoms with Crippen LogP contribution >= 0.6 is 15.9 Å². The minimum atomic E-state index is -0.398. The van der Waals surface area contributed by atoms with Crippen molar-refractivity contribution in [1.29, 1.82) is 0 Å². The van der Waals surface area contributed by atoms with Gasteiger partial charge in [-0.2, -0.15) is 4.98 Å². The van der Waals surface area contributed by atoms with Crippen LogP contribution in [0.1, 0.15) is 36.3 Å². The molecule has 1 fully saturated rings. The average molecular weight is 322 g/mol. The van der Waals surface area contributed by atoms with Crippen LogP contribution in [0.25, 0.3) is 11.4 Å². The van der Waals surface area contributed by atoms with E-state index in [9.17, 15) is 0 Å². The first-order chi connectivity index (χ1) is 8.99. The molecule has 100 valence electrons. The Morgan fingerprint density at radius 3 is 2.42 bits per heavy atom. The van der Waals surface area contributed by atoms with Gasteiger partial charge in [-0.3, -0.25) is 0 Å². The zero-order valence-corrected chi connectivity index (χ0v) is 12.6. The summed E-state index contributed by atoms with van der Waals surface area (Å²) in [6, 6.07) is 4.10. The molecule has 0 aliphatic heterocycles. The molecular formula is C14H16BrN3O. The van der Waals surface area contributed by atoms with Crippen LogP contribution in [0.4, 0.5) is 0 Å². The second-order valence-electron chi connectivity index (χ2n) is 5.36. The van der Waals surface area contributed by atoms with Gasteiger partial charge in [-0.25, -0.2) is 0 Å². The highest BCUT2D eigenvalue weighted by atomic mass is 79.9. The van der Waals surface area contributed by atoms with E-state index >= 15 is 0 Å². The molecule has 2 N–H and O–H groups in total. The van der Waals surface area contributed by atoms with Gasteiger partial charge < -0.3 is 10.3 Å². The molecule has 1 aromatic carbocycles. The fourth-order valence-electron chi connectivity index (χ4n) is 2.39. The molecule has 0 saturated heterocycles. The Balaban J connectivity index is 1.99.